The van der Waals surface area contributed by atoms with Gasteiger partial charge in [0.15, 0.2) is 0 Å². The van der Waals surface area contributed by atoms with Crippen molar-refractivity contribution in [2.45, 2.75) is 18.9 Å². The average Bonchev–Trinajstić information content (AvgIpc) is 2.74. The fraction of sp³-hybridized carbons (Fsp3) is 0.182. The second kappa shape index (κ2) is 9.84. The molecule has 0 spiro atoms. The number of amides is 1. The van der Waals surface area contributed by atoms with Crippen molar-refractivity contribution in [2.24, 2.45) is 0 Å². The van der Waals surface area contributed by atoms with Crippen LogP contribution in [0.15, 0.2) is 65.7 Å². The van der Waals surface area contributed by atoms with Gasteiger partial charge >= 0.3 is 5.97 Å². The lowest BCUT2D eigenvalue weighted by Gasteiger charge is -2.06. The number of carbonyl (C=O) groups excluding carboxylic acids is 2. The largest absolute Gasteiger partial charge is 0.462 e. The number of carbonyl (C=O) groups is 2. The van der Waals surface area contributed by atoms with Crippen molar-refractivity contribution in [3.8, 4) is 11.3 Å². The Hall–Kier alpha value is -3.19. The summed E-state index contributed by atoms with van der Waals surface area (Å²) in [4.78, 5) is 23.8. The van der Waals surface area contributed by atoms with E-state index < -0.39 is 0 Å². The van der Waals surface area contributed by atoms with Gasteiger partial charge in [-0.05, 0) is 50.2 Å². The lowest BCUT2D eigenvalue weighted by atomic mass is 10.1. The van der Waals surface area contributed by atoms with Gasteiger partial charge in [0.25, 0.3) is 0 Å². The smallest absolute Gasteiger partial charge is 0.338 e. The summed E-state index contributed by atoms with van der Waals surface area (Å²) in [5, 5.41) is 11.9. The Morgan fingerprint density at radius 1 is 0.966 bits per heavy atom. The van der Waals surface area contributed by atoms with Crippen molar-refractivity contribution in [2.75, 3.05) is 17.7 Å². The minimum absolute atomic E-state index is 0.164. The fourth-order valence-electron chi connectivity index (χ4n) is 2.52. The number of hydrogen-bond acceptors (Lipinski definition) is 6. The molecule has 7 heteroatoms. The predicted molar refractivity (Wildman–Crippen MR) is 114 cm³/mol. The number of aryl methyl sites for hydroxylation is 1. The lowest BCUT2D eigenvalue weighted by Crippen LogP contribution is -2.14. The molecule has 6 nitrogen and oxygen atoms in total. The van der Waals surface area contributed by atoms with Crippen LogP contribution < -0.4 is 5.32 Å². The summed E-state index contributed by atoms with van der Waals surface area (Å²) < 4.78 is 4.94. The van der Waals surface area contributed by atoms with Crippen LogP contribution in [0.5, 0.6) is 0 Å². The maximum atomic E-state index is 12.2. The molecule has 0 aliphatic rings. The summed E-state index contributed by atoms with van der Waals surface area (Å²) >= 11 is 1.31. The Labute approximate surface area is 173 Å². The highest BCUT2D eigenvalue weighted by Gasteiger charge is 2.09. The number of esters is 1. The summed E-state index contributed by atoms with van der Waals surface area (Å²) in [7, 11) is 0. The fourth-order valence-corrected chi connectivity index (χ4v) is 3.13. The molecule has 1 heterocycles. The molecule has 0 aliphatic heterocycles. The maximum absolute atomic E-state index is 12.2. The van der Waals surface area contributed by atoms with Gasteiger partial charge in [-0.3, -0.25) is 4.79 Å². The van der Waals surface area contributed by atoms with Gasteiger partial charge in [0, 0.05) is 11.3 Å². The van der Waals surface area contributed by atoms with Crippen molar-refractivity contribution in [1.29, 1.82) is 0 Å². The van der Waals surface area contributed by atoms with E-state index in [1.54, 1.807) is 31.2 Å². The van der Waals surface area contributed by atoms with Gasteiger partial charge in [-0.25, -0.2) is 4.79 Å². The molecule has 0 unspecified atom stereocenters. The SMILES string of the molecule is CCOC(=O)c1ccc(NC(=O)CSc2ccc(-c3ccc(C)cc3)nn2)cc1. The molecule has 1 amide bonds. The van der Waals surface area contributed by atoms with Crippen LogP contribution in [0, 0.1) is 6.92 Å². The van der Waals surface area contributed by atoms with E-state index in [4.69, 9.17) is 4.74 Å². The Morgan fingerprint density at radius 3 is 2.31 bits per heavy atom. The zero-order valence-corrected chi connectivity index (χ0v) is 17.0. The molecule has 1 aromatic heterocycles. The van der Waals surface area contributed by atoms with E-state index in [1.807, 2.05) is 43.3 Å². The number of ether oxygens (including phenoxy) is 1. The third-order valence-electron chi connectivity index (χ3n) is 4.02. The zero-order valence-electron chi connectivity index (χ0n) is 16.2. The van der Waals surface area contributed by atoms with Crippen molar-refractivity contribution < 1.29 is 14.3 Å². The third kappa shape index (κ3) is 5.89. The second-order valence-corrected chi connectivity index (χ2v) is 7.25. The van der Waals surface area contributed by atoms with Gasteiger partial charge in [0.1, 0.15) is 5.03 Å². The number of benzene rings is 2. The standard InChI is InChI=1S/C22H21N3O3S/c1-3-28-22(27)17-8-10-18(11-9-17)23-20(26)14-29-21-13-12-19(24-25-21)16-6-4-15(2)5-7-16/h4-13H,3,14H2,1-2H3,(H,23,26). The normalized spacial score (nSPS) is 10.4. The zero-order chi connectivity index (χ0) is 20.6. The first kappa shape index (κ1) is 20.5. The van der Waals surface area contributed by atoms with Crippen LogP contribution in [-0.4, -0.2) is 34.4 Å². The van der Waals surface area contributed by atoms with Crippen molar-refractivity contribution >= 4 is 29.3 Å². The van der Waals surface area contributed by atoms with E-state index in [9.17, 15) is 9.59 Å². The van der Waals surface area contributed by atoms with E-state index >= 15 is 0 Å². The Balaban J connectivity index is 1.51. The first-order chi connectivity index (χ1) is 14.0. The highest BCUT2D eigenvalue weighted by atomic mass is 32.2. The molecule has 0 fully saturated rings. The molecule has 3 rings (SSSR count). The molecular weight excluding hydrogens is 386 g/mol. The van der Waals surface area contributed by atoms with Crippen LogP contribution in [0.25, 0.3) is 11.3 Å². The van der Waals surface area contributed by atoms with Crippen LogP contribution >= 0.6 is 11.8 Å². The number of hydrogen-bond donors (Lipinski definition) is 1. The van der Waals surface area contributed by atoms with E-state index in [0.29, 0.717) is 22.9 Å². The first-order valence-electron chi connectivity index (χ1n) is 9.16. The first-order valence-corrected chi connectivity index (χ1v) is 10.1. The van der Waals surface area contributed by atoms with Crippen LogP contribution in [0.3, 0.4) is 0 Å². The minimum atomic E-state index is -0.381. The van der Waals surface area contributed by atoms with Gasteiger partial charge in [-0.1, -0.05) is 41.6 Å². The topological polar surface area (TPSA) is 81.2 Å². The number of aromatic nitrogens is 2. The van der Waals surface area contributed by atoms with Gasteiger partial charge in [-0.2, -0.15) is 0 Å². The van der Waals surface area contributed by atoms with Crippen LogP contribution in [0.4, 0.5) is 5.69 Å². The van der Waals surface area contributed by atoms with Gasteiger partial charge in [-0.15, -0.1) is 10.2 Å². The Kier molecular flexibility index (Phi) is 6.97. The van der Waals surface area contributed by atoms with E-state index in [-0.39, 0.29) is 17.6 Å². The average molecular weight is 407 g/mol. The highest BCUT2D eigenvalue weighted by Crippen LogP contribution is 2.20. The maximum Gasteiger partial charge on any atom is 0.338 e. The molecule has 2 aromatic carbocycles. The molecular formula is C22H21N3O3S. The number of anilines is 1. The van der Waals surface area contributed by atoms with Gasteiger partial charge in [0.05, 0.1) is 23.6 Å². The molecule has 3 aromatic rings. The molecule has 0 aliphatic carbocycles. The Bertz CT molecular complexity index is 972. The molecule has 148 valence electrons. The van der Waals surface area contributed by atoms with Gasteiger partial charge < -0.3 is 10.1 Å². The van der Waals surface area contributed by atoms with E-state index in [1.165, 1.54) is 17.3 Å². The molecule has 1 N–H and O–H groups in total. The van der Waals surface area contributed by atoms with Crippen molar-refractivity contribution in [3.05, 3.63) is 71.8 Å². The summed E-state index contributed by atoms with van der Waals surface area (Å²) in [6.07, 6.45) is 0. The molecule has 0 saturated carbocycles. The molecule has 0 radical (unpaired) electrons. The summed E-state index contributed by atoms with van der Waals surface area (Å²) in [5.41, 5.74) is 4.05. The van der Waals surface area contributed by atoms with Crippen LogP contribution in [-0.2, 0) is 9.53 Å². The van der Waals surface area contributed by atoms with Crippen molar-refractivity contribution in [3.63, 3.8) is 0 Å². The van der Waals surface area contributed by atoms with Crippen LogP contribution in [0.2, 0.25) is 0 Å². The number of rotatable bonds is 7. The van der Waals surface area contributed by atoms with Crippen molar-refractivity contribution in [1.82, 2.24) is 10.2 Å². The molecule has 29 heavy (non-hydrogen) atoms. The predicted octanol–water partition coefficient (Wildman–Crippen LogP) is 4.36. The number of thioether (sulfide) groups is 1. The second-order valence-electron chi connectivity index (χ2n) is 6.26. The van der Waals surface area contributed by atoms with E-state index in [0.717, 1.165) is 11.3 Å². The molecule has 0 saturated heterocycles. The van der Waals surface area contributed by atoms with Crippen LogP contribution in [0.1, 0.15) is 22.8 Å². The molecule has 0 atom stereocenters. The Morgan fingerprint density at radius 2 is 1.69 bits per heavy atom. The quantitative estimate of drug-likeness (QED) is 0.463. The summed E-state index contributed by atoms with van der Waals surface area (Å²) in [5.74, 6) is -0.338. The lowest BCUT2D eigenvalue weighted by molar-refractivity contribution is -0.113. The molecule has 0 bridgehead atoms. The summed E-state index contributed by atoms with van der Waals surface area (Å²) in [6.45, 7) is 4.11. The minimum Gasteiger partial charge on any atom is -0.462 e. The number of nitrogens with one attached hydrogen (secondary N) is 1. The highest BCUT2D eigenvalue weighted by molar-refractivity contribution is 7.99. The monoisotopic (exact) mass is 407 g/mol. The van der Waals surface area contributed by atoms with E-state index in [2.05, 4.69) is 15.5 Å². The number of nitrogens with zero attached hydrogens (tertiary/aromatic N) is 2. The third-order valence-corrected chi connectivity index (χ3v) is 4.94. The van der Waals surface area contributed by atoms with Gasteiger partial charge in [0.2, 0.25) is 5.91 Å². The summed E-state index contributed by atoms with van der Waals surface area (Å²) in [6, 6.07) is 18.4.